The molecule has 2 N–H and O–H groups in total. The van der Waals surface area contributed by atoms with E-state index in [1.807, 2.05) is 0 Å². The summed E-state index contributed by atoms with van der Waals surface area (Å²) in [6.07, 6.45) is -7.41. The molecule has 2 aromatic carbocycles. The Morgan fingerprint density at radius 1 is 1.14 bits per heavy atom. The lowest BCUT2D eigenvalue weighted by Gasteiger charge is -2.36. The first-order valence-electron chi connectivity index (χ1n) is 10.5. The first kappa shape index (κ1) is 27.2. The van der Waals surface area contributed by atoms with Crippen LogP contribution in [0.25, 0.3) is 0 Å². The Labute approximate surface area is 203 Å². The summed E-state index contributed by atoms with van der Waals surface area (Å²) in [5.74, 6) is -3.33. The number of hydrogen-bond acceptors (Lipinski definition) is 6. The van der Waals surface area contributed by atoms with E-state index in [-0.39, 0.29) is 43.2 Å². The van der Waals surface area contributed by atoms with Crippen LogP contribution in [0.1, 0.15) is 18.1 Å². The number of carbonyl (C=O) groups excluding carboxylic acids is 1. The smallest absolute Gasteiger partial charge is 0.425 e. The fourth-order valence-electron chi connectivity index (χ4n) is 3.58. The molecule has 1 fully saturated rings. The fourth-order valence-corrected chi connectivity index (χ4v) is 4.15. The average molecular weight is 532 g/mol. The van der Waals surface area contributed by atoms with Gasteiger partial charge in [-0.3, -0.25) is 4.79 Å². The molecule has 8 nitrogen and oxygen atoms in total. The molecule has 1 saturated heterocycles. The second-order valence-corrected chi connectivity index (χ2v) is 9.59. The highest BCUT2D eigenvalue weighted by Gasteiger charge is 2.38. The third-order valence-corrected chi connectivity index (χ3v) is 6.53. The number of primary sulfonamides is 1. The Hall–Kier alpha value is -3.44. The summed E-state index contributed by atoms with van der Waals surface area (Å²) >= 11 is 0. The molecule has 1 heterocycles. The van der Waals surface area contributed by atoms with E-state index in [4.69, 9.17) is 15.1 Å². The Bertz CT molecular complexity index is 1300. The summed E-state index contributed by atoms with van der Waals surface area (Å²) in [5.41, 5.74) is -0.619. The van der Waals surface area contributed by atoms with Gasteiger partial charge in [0.15, 0.2) is 17.7 Å². The largest absolute Gasteiger partial charge is 0.481 e. The van der Waals surface area contributed by atoms with E-state index < -0.39 is 56.7 Å². The normalized spacial score (nSPS) is 15.4. The molecular weight excluding hydrogens is 511 g/mol. The molecule has 1 amide bonds. The van der Waals surface area contributed by atoms with Crippen molar-refractivity contribution in [3.8, 4) is 11.8 Å². The van der Waals surface area contributed by atoms with Gasteiger partial charge in [0.2, 0.25) is 15.9 Å². The minimum Gasteiger partial charge on any atom is -0.481 e. The monoisotopic (exact) mass is 532 g/mol. The van der Waals surface area contributed by atoms with E-state index in [0.717, 1.165) is 31.2 Å². The minimum atomic E-state index is -4.70. The van der Waals surface area contributed by atoms with E-state index in [0.29, 0.717) is 0 Å². The Morgan fingerprint density at radius 2 is 1.78 bits per heavy atom. The maximum Gasteiger partial charge on any atom is 0.425 e. The van der Waals surface area contributed by atoms with Crippen molar-refractivity contribution in [3.05, 3.63) is 53.1 Å². The molecule has 0 aromatic heterocycles. The molecule has 1 aliphatic rings. The Balaban J connectivity index is 1.76. The number of nitrogens with zero attached hydrogens (tertiary/aromatic N) is 3. The molecule has 1 atom stereocenters. The van der Waals surface area contributed by atoms with E-state index in [1.54, 1.807) is 6.07 Å². The van der Waals surface area contributed by atoms with Gasteiger partial charge in [-0.25, -0.2) is 22.3 Å². The molecule has 0 spiro atoms. The van der Waals surface area contributed by atoms with E-state index in [2.05, 4.69) is 0 Å². The number of carbonyl (C=O) groups is 1. The number of ether oxygens (including phenoxy) is 1. The van der Waals surface area contributed by atoms with Gasteiger partial charge in [0.1, 0.15) is 11.8 Å². The van der Waals surface area contributed by atoms with Crippen LogP contribution in [0.4, 0.5) is 27.6 Å². The van der Waals surface area contributed by atoms with Crippen LogP contribution in [0.5, 0.6) is 5.75 Å². The van der Waals surface area contributed by atoms with Crippen molar-refractivity contribution in [3.63, 3.8) is 0 Å². The lowest BCUT2D eigenvalue weighted by molar-refractivity contribution is -0.189. The number of hydrogen-bond donors (Lipinski definition) is 1. The van der Waals surface area contributed by atoms with Gasteiger partial charge < -0.3 is 14.5 Å². The Kier molecular flexibility index (Phi) is 7.75. The first-order chi connectivity index (χ1) is 16.7. The lowest BCUT2D eigenvalue weighted by atomic mass is 10.1. The molecule has 1 unspecified atom stereocenters. The number of alkyl halides is 3. The summed E-state index contributed by atoms with van der Waals surface area (Å²) in [6, 6.07) is 6.92. The number of piperazine rings is 1. The maximum atomic E-state index is 14.3. The van der Waals surface area contributed by atoms with Crippen LogP contribution in [-0.4, -0.2) is 57.7 Å². The van der Waals surface area contributed by atoms with Gasteiger partial charge in [0.25, 0.3) is 0 Å². The SMILES string of the molecule is CC(Oc1ccc(S(N)(=O)=O)cc1CC(=O)N1CCN(c2ccc(C#N)c(F)c2F)CC1)C(F)(F)F. The van der Waals surface area contributed by atoms with E-state index >= 15 is 0 Å². The lowest BCUT2D eigenvalue weighted by Crippen LogP contribution is -2.49. The maximum absolute atomic E-state index is 14.3. The first-order valence-corrected chi connectivity index (χ1v) is 12.1. The molecule has 14 heteroatoms. The molecule has 0 bridgehead atoms. The topological polar surface area (TPSA) is 117 Å². The summed E-state index contributed by atoms with van der Waals surface area (Å²) in [7, 11) is -4.21. The van der Waals surface area contributed by atoms with Crippen LogP contribution in [-0.2, 0) is 21.2 Å². The summed E-state index contributed by atoms with van der Waals surface area (Å²) in [4.78, 5) is 15.3. The van der Waals surface area contributed by atoms with Crippen molar-refractivity contribution in [2.75, 3.05) is 31.1 Å². The van der Waals surface area contributed by atoms with Gasteiger partial charge in [-0.2, -0.15) is 18.4 Å². The van der Waals surface area contributed by atoms with Crippen molar-refractivity contribution >= 4 is 21.6 Å². The van der Waals surface area contributed by atoms with Crippen molar-refractivity contribution in [2.24, 2.45) is 5.14 Å². The Morgan fingerprint density at radius 3 is 2.33 bits per heavy atom. The van der Waals surface area contributed by atoms with Crippen molar-refractivity contribution < 1.29 is 39.9 Å². The zero-order valence-corrected chi connectivity index (χ0v) is 19.7. The number of benzene rings is 2. The number of rotatable bonds is 6. The van der Waals surface area contributed by atoms with Crippen molar-refractivity contribution in [1.82, 2.24) is 4.90 Å². The van der Waals surface area contributed by atoms with Crippen molar-refractivity contribution in [1.29, 1.82) is 5.26 Å². The molecule has 0 saturated carbocycles. The molecule has 0 aliphatic carbocycles. The molecule has 3 rings (SSSR count). The molecule has 194 valence electrons. The molecular formula is C22H21F5N4O4S. The predicted octanol–water partition coefficient (Wildman–Crippen LogP) is 2.70. The zero-order chi connectivity index (χ0) is 26.8. The highest BCUT2D eigenvalue weighted by molar-refractivity contribution is 7.89. The van der Waals surface area contributed by atoms with Gasteiger partial charge in [-0.15, -0.1) is 0 Å². The number of amides is 1. The third-order valence-electron chi connectivity index (χ3n) is 5.62. The number of nitriles is 1. The van der Waals surface area contributed by atoms with Gasteiger partial charge in [-0.05, 0) is 37.3 Å². The zero-order valence-electron chi connectivity index (χ0n) is 18.8. The van der Waals surface area contributed by atoms with Crippen LogP contribution in [0, 0.1) is 23.0 Å². The average Bonchev–Trinajstić information content (AvgIpc) is 2.80. The minimum absolute atomic E-state index is 0.0729. The standard InChI is InChI=1S/C22H21F5N4O4S/c1-13(22(25,26)27)35-18-5-3-16(36(29,33)34)10-15(18)11-19(32)31-8-6-30(7-9-31)17-4-2-14(12-28)20(23)21(17)24/h2-5,10,13H,6-9,11H2,1H3,(H2,29,33,34). The van der Waals surface area contributed by atoms with E-state index in [1.165, 1.54) is 15.9 Å². The van der Waals surface area contributed by atoms with Gasteiger partial charge in [0.05, 0.1) is 22.6 Å². The van der Waals surface area contributed by atoms with Crippen molar-refractivity contribution in [2.45, 2.75) is 30.5 Å². The highest BCUT2D eigenvalue weighted by Crippen LogP contribution is 2.30. The number of anilines is 1. The van der Waals surface area contributed by atoms with Gasteiger partial charge >= 0.3 is 6.18 Å². The van der Waals surface area contributed by atoms with Crippen LogP contribution in [0.2, 0.25) is 0 Å². The third kappa shape index (κ3) is 6.03. The number of nitrogens with two attached hydrogens (primary N) is 1. The van der Waals surface area contributed by atoms with Crippen LogP contribution in [0.3, 0.4) is 0 Å². The fraction of sp³-hybridized carbons (Fsp3) is 0.364. The van der Waals surface area contributed by atoms with E-state index in [9.17, 15) is 35.2 Å². The summed E-state index contributed by atoms with van der Waals surface area (Å²) < 4.78 is 95.6. The number of sulfonamides is 1. The quantitative estimate of drug-likeness (QED) is 0.572. The highest BCUT2D eigenvalue weighted by atomic mass is 32.2. The summed E-state index contributed by atoms with van der Waals surface area (Å²) in [6.45, 7) is 1.14. The predicted molar refractivity (Wildman–Crippen MR) is 118 cm³/mol. The van der Waals surface area contributed by atoms with Crippen LogP contribution < -0.4 is 14.8 Å². The van der Waals surface area contributed by atoms with Gasteiger partial charge in [-0.1, -0.05) is 0 Å². The second-order valence-electron chi connectivity index (χ2n) is 8.03. The molecule has 1 aliphatic heterocycles. The second kappa shape index (κ2) is 10.3. The van der Waals surface area contributed by atoms with Gasteiger partial charge in [0, 0.05) is 31.7 Å². The van der Waals surface area contributed by atoms with Crippen LogP contribution in [0.15, 0.2) is 35.2 Å². The molecule has 0 radical (unpaired) electrons. The summed E-state index contributed by atoms with van der Waals surface area (Å²) in [5, 5.41) is 13.9. The van der Waals surface area contributed by atoms with Crippen LogP contribution >= 0.6 is 0 Å². The molecule has 36 heavy (non-hydrogen) atoms. The number of halogens is 5. The molecule has 2 aromatic rings.